The zero-order chi connectivity index (χ0) is 24.1. The van der Waals surface area contributed by atoms with E-state index in [-0.39, 0.29) is 10.7 Å². The molecule has 0 radical (unpaired) electrons. The van der Waals surface area contributed by atoms with E-state index in [1.165, 1.54) is 12.8 Å². The molecule has 34 heavy (non-hydrogen) atoms. The van der Waals surface area contributed by atoms with Gasteiger partial charge in [-0.2, -0.15) is 0 Å². The average molecular weight is 484 g/mol. The number of halogens is 2. The number of anilines is 3. The second-order valence-electron chi connectivity index (χ2n) is 8.11. The lowest BCUT2D eigenvalue weighted by atomic mass is 10.1. The number of likely N-dealkylation sites (tertiary alicyclic amines) is 1. The van der Waals surface area contributed by atoms with E-state index in [9.17, 15) is 8.78 Å². The SMILES string of the molecule is CC(=N)c1c(N)nc(-c2ccc(NSc3cc(F)ccc3F)cc2)nc1NCCN1CCCC1. The summed E-state index contributed by atoms with van der Waals surface area (Å²) < 4.78 is 30.2. The van der Waals surface area contributed by atoms with Gasteiger partial charge in [0.2, 0.25) is 0 Å². The number of nitrogens with zero attached hydrogens (tertiary/aromatic N) is 3. The second kappa shape index (κ2) is 10.8. The Morgan fingerprint density at radius 2 is 1.85 bits per heavy atom. The van der Waals surface area contributed by atoms with E-state index in [4.69, 9.17) is 11.1 Å². The maximum atomic E-state index is 13.8. The minimum atomic E-state index is -0.496. The van der Waals surface area contributed by atoms with Gasteiger partial charge in [-0.3, -0.25) is 0 Å². The molecule has 3 aromatic rings. The van der Waals surface area contributed by atoms with E-state index in [2.05, 4.69) is 24.9 Å². The highest BCUT2D eigenvalue weighted by molar-refractivity contribution is 8.00. The largest absolute Gasteiger partial charge is 0.383 e. The van der Waals surface area contributed by atoms with E-state index in [1.807, 2.05) is 12.1 Å². The van der Waals surface area contributed by atoms with E-state index in [0.29, 0.717) is 35.1 Å². The van der Waals surface area contributed by atoms with Crippen molar-refractivity contribution < 1.29 is 8.78 Å². The van der Waals surface area contributed by atoms with Crippen LogP contribution >= 0.6 is 11.9 Å². The average Bonchev–Trinajstić information content (AvgIpc) is 3.33. The van der Waals surface area contributed by atoms with Gasteiger partial charge >= 0.3 is 0 Å². The molecule has 0 bridgehead atoms. The topological polar surface area (TPSA) is 103 Å². The molecule has 0 amide bonds. The summed E-state index contributed by atoms with van der Waals surface area (Å²) >= 11 is 0.992. The minimum absolute atomic E-state index is 0.169. The zero-order valence-electron chi connectivity index (χ0n) is 18.9. The molecule has 10 heteroatoms. The van der Waals surface area contributed by atoms with Gasteiger partial charge in [-0.1, -0.05) is 0 Å². The highest BCUT2D eigenvalue weighted by atomic mass is 32.2. The van der Waals surface area contributed by atoms with Crippen molar-refractivity contribution in [2.45, 2.75) is 24.7 Å². The third-order valence-electron chi connectivity index (χ3n) is 5.55. The predicted molar refractivity (Wildman–Crippen MR) is 134 cm³/mol. The Kier molecular flexibility index (Phi) is 7.59. The van der Waals surface area contributed by atoms with Gasteiger partial charge in [0.25, 0.3) is 0 Å². The number of hydrogen-bond acceptors (Lipinski definition) is 8. The van der Waals surface area contributed by atoms with E-state index in [1.54, 1.807) is 19.1 Å². The van der Waals surface area contributed by atoms with Crippen molar-refractivity contribution in [3.63, 3.8) is 0 Å². The first-order valence-corrected chi connectivity index (χ1v) is 11.9. The first-order valence-electron chi connectivity index (χ1n) is 11.1. The van der Waals surface area contributed by atoms with Crippen LogP contribution in [0.4, 0.5) is 26.1 Å². The molecule has 1 saturated heterocycles. The van der Waals surface area contributed by atoms with Crippen LogP contribution in [-0.4, -0.2) is 46.8 Å². The summed E-state index contributed by atoms with van der Waals surface area (Å²) in [6.07, 6.45) is 2.46. The quantitative estimate of drug-likeness (QED) is 0.250. The zero-order valence-corrected chi connectivity index (χ0v) is 19.7. The number of nitrogens with one attached hydrogen (secondary N) is 3. The molecule has 0 spiro atoms. The molecule has 0 saturated carbocycles. The van der Waals surface area contributed by atoms with Gasteiger partial charge < -0.3 is 26.1 Å². The molecule has 0 aliphatic carbocycles. The Morgan fingerprint density at radius 1 is 1.12 bits per heavy atom. The third-order valence-corrected chi connectivity index (χ3v) is 6.42. The lowest BCUT2D eigenvalue weighted by Gasteiger charge is -2.17. The van der Waals surface area contributed by atoms with Crippen LogP contribution in [0.5, 0.6) is 0 Å². The Morgan fingerprint density at radius 3 is 2.56 bits per heavy atom. The highest BCUT2D eigenvalue weighted by Crippen LogP contribution is 2.28. The molecule has 1 aliphatic heterocycles. The molecule has 2 aromatic carbocycles. The van der Waals surface area contributed by atoms with Gasteiger partial charge in [0.15, 0.2) is 5.82 Å². The maximum absolute atomic E-state index is 13.8. The van der Waals surface area contributed by atoms with Crippen LogP contribution in [0.2, 0.25) is 0 Å². The standard InChI is InChI=1S/C24H27F2N7S/c1-15(27)21-22(28)30-23(31-24(21)29-10-13-33-11-2-3-12-33)16-4-7-18(8-5-16)32-34-20-14-17(25)6-9-19(20)26/h4-9,14,27,32H,2-3,10-13H2,1H3,(H3,28,29,30,31). The Bertz CT molecular complexity index is 1160. The van der Waals surface area contributed by atoms with Crippen molar-refractivity contribution in [1.82, 2.24) is 14.9 Å². The summed E-state index contributed by atoms with van der Waals surface area (Å²) in [6, 6.07) is 10.6. The number of nitrogen functional groups attached to an aromatic ring is 1. The Hall–Kier alpha value is -3.24. The van der Waals surface area contributed by atoms with Crippen LogP contribution in [0.15, 0.2) is 47.4 Å². The minimum Gasteiger partial charge on any atom is -0.383 e. The van der Waals surface area contributed by atoms with Crippen LogP contribution in [-0.2, 0) is 0 Å². The highest BCUT2D eigenvalue weighted by Gasteiger charge is 2.17. The van der Waals surface area contributed by atoms with Gasteiger partial charge in [-0.15, -0.1) is 0 Å². The fourth-order valence-corrected chi connectivity index (χ4v) is 4.50. The van der Waals surface area contributed by atoms with Crippen molar-refractivity contribution >= 4 is 35.0 Å². The lowest BCUT2D eigenvalue weighted by Crippen LogP contribution is -2.26. The maximum Gasteiger partial charge on any atom is 0.163 e. The van der Waals surface area contributed by atoms with Gasteiger partial charge in [0, 0.05) is 30.1 Å². The van der Waals surface area contributed by atoms with Crippen LogP contribution in [0, 0.1) is 17.0 Å². The van der Waals surface area contributed by atoms with E-state index in [0.717, 1.165) is 55.3 Å². The van der Waals surface area contributed by atoms with Crippen LogP contribution in [0.25, 0.3) is 11.4 Å². The second-order valence-corrected chi connectivity index (χ2v) is 8.96. The van der Waals surface area contributed by atoms with E-state index < -0.39 is 11.6 Å². The first-order chi connectivity index (χ1) is 16.4. The van der Waals surface area contributed by atoms with Crippen molar-refractivity contribution in [2.24, 2.45) is 0 Å². The molecule has 5 N–H and O–H groups in total. The number of rotatable bonds is 9. The van der Waals surface area contributed by atoms with Crippen LogP contribution in [0.1, 0.15) is 25.3 Å². The van der Waals surface area contributed by atoms with Crippen LogP contribution < -0.4 is 15.8 Å². The van der Waals surface area contributed by atoms with Gasteiger partial charge in [0.1, 0.15) is 23.3 Å². The van der Waals surface area contributed by atoms with Crippen molar-refractivity contribution in [2.75, 3.05) is 42.0 Å². The molecule has 2 heterocycles. The summed E-state index contributed by atoms with van der Waals surface area (Å²) in [7, 11) is 0. The summed E-state index contributed by atoms with van der Waals surface area (Å²) in [5.74, 6) is 0.255. The monoisotopic (exact) mass is 483 g/mol. The summed E-state index contributed by atoms with van der Waals surface area (Å²) in [4.78, 5) is 11.6. The molecule has 1 aliphatic rings. The summed E-state index contributed by atoms with van der Waals surface area (Å²) in [6.45, 7) is 5.49. The number of benzene rings is 2. The molecule has 0 atom stereocenters. The lowest BCUT2D eigenvalue weighted by molar-refractivity contribution is 0.352. The molecule has 1 fully saturated rings. The molecular formula is C24H27F2N7S. The van der Waals surface area contributed by atoms with Gasteiger partial charge in [-0.25, -0.2) is 18.7 Å². The Labute approximate surface area is 201 Å². The molecule has 7 nitrogen and oxygen atoms in total. The van der Waals surface area contributed by atoms with Crippen molar-refractivity contribution in [3.05, 3.63) is 59.7 Å². The molecule has 4 rings (SSSR count). The molecule has 178 valence electrons. The Balaban J connectivity index is 1.48. The molecular weight excluding hydrogens is 456 g/mol. The van der Waals surface area contributed by atoms with Gasteiger partial charge in [0.05, 0.1) is 10.5 Å². The first kappa shape index (κ1) is 23.9. The number of aromatic nitrogens is 2. The fraction of sp³-hybridized carbons (Fsp3) is 0.292. The fourth-order valence-electron chi connectivity index (χ4n) is 3.80. The number of hydrogen-bond donors (Lipinski definition) is 4. The predicted octanol–water partition coefficient (Wildman–Crippen LogP) is 5.02. The third kappa shape index (κ3) is 5.81. The molecule has 1 aromatic heterocycles. The van der Waals surface area contributed by atoms with Crippen molar-refractivity contribution in [1.29, 1.82) is 5.41 Å². The smallest absolute Gasteiger partial charge is 0.163 e. The van der Waals surface area contributed by atoms with Gasteiger partial charge in [-0.05, 0) is 87.3 Å². The van der Waals surface area contributed by atoms with E-state index >= 15 is 0 Å². The summed E-state index contributed by atoms with van der Waals surface area (Å²) in [5, 5.41) is 11.4. The summed E-state index contributed by atoms with van der Waals surface area (Å²) in [5.41, 5.74) is 8.47. The normalized spacial score (nSPS) is 13.7. The number of nitrogens with two attached hydrogens (primary N) is 1. The van der Waals surface area contributed by atoms with Crippen molar-refractivity contribution in [3.8, 4) is 11.4 Å². The van der Waals surface area contributed by atoms with Crippen LogP contribution in [0.3, 0.4) is 0 Å². The molecule has 0 unspecified atom stereocenters.